The van der Waals surface area contributed by atoms with Crippen LogP contribution in [-0.2, 0) is 10.1 Å². The molecule has 0 heterocycles. The molecule has 0 aromatic heterocycles. The van der Waals surface area contributed by atoms with Gasteiger partial charge in [0.05, 0.1) is 0 Å². The molecular formula is C8H12O3S. The second-order valence-corrected chi connectivity index (χ2v) is 4.65. The van der Waals surface area contributed by atoms with Crippen molar-refractivity contribution in [3.63, 3.8) is 0 Å². The Kier molecular flexibility index (Phi) is 2.39. The highest BCUT2D eigenvalue weighted by atomic mass is 32.2. The third kappa shape index (κ3) is 1.44. The van der Waals surface area contributed by atoms with Crippen molar-refractivity contribution in [2.24, 2.45) is 0 Å². The minimum Gasteiger partial charge on any atom is -0.285 e. The maximum atomic E-state index is 11.0. The van der Waals surface area contributed by atoms with Gasteiger partial charge < -0.3 is 0 Å². The molecule has 4 heteroatoms. The van der Waals surface area contributed by atoms with Gasteiger partial charge in [0.2, 0.25) is 0 Å². The number of hydrogen-bond donors (Lipinski definition) is 1. The van der Waals surface area contributed by atoms with Crippen LogP contribution in [0.25, 0.3) is 0 Å². The standard InChI is InChI=1S/C8H12O3S/c1-2-8(12(9,10)11)6-4-3-5-7-8/h3-6H,2,7H2,1H3,(H,9,10,11)/t8-/m0/s1. The number of hydrogen-bond acceptors (Lipinski definition) is 2. The lowest BCUT2D eigenvalue weighted by Gasteiger charge is -2.25. The minimum absolute atomic E-state index is 0.360. The molecule has 1 aliphatic rings. The minimum atomic E-state index is -3.98. The van der Waals surface area contributed by atoms with Crippen molar-refractivity contribution in [2.75, 3.05) is 0 Å². The molecule has 1 N–H and O–H groups in total. The van der Waals surface area contributed by atoms with Crippen LogP contribution in [0.4, 0.5) is 0 Å². The Hall–Kier alpha value is -0.610. The summed E-state index contributed by atoms with van der Waals surface area (Å²) in [6.45, 7) is 1.75. The van der Waals surface area contributed by atoms with Crippen molar-refractivity contribution in [1.29, 1.82) is 0 Å². The van der Waals surface area contributed by atoms with Crippen LogP contribution < -0.4 is 0 Å². The normalized spacial score (nSPS) is 29.2. The topological polar surface area (TPSA) is 54.4 Å². The summed E-state index contributed by atoms with van der Waals surface area (Å²) in [6, 6.07) is 0. The molecule has 12 heavy (non-hydrogen) atoms. The first kappa shape index (κ1) is 9.48. The molecule has 1 atom stereocenters. The number of rotatable bonds is 2. The van der Waals surface area contributed by atoms with E-state index in [1.54, 1.807) is 31.2 Å². The first-order chi connectivity index (χ1) is 5.52. The lowest BCUT2D eigenvalue weighted by molar-refractivity contribution is 0.440. The van der Waals surface area contributed by atoms with Crippen LogP contribution in [0.3, 0.4) is 0 Å². The van der Waals surface area contributed by atoms with Gasteiger partial charge in [-0.1, -0.05) is 31.2 Å². The molecule has 1 aliphatic carbocycles. The van der Waals surface area contributed by atoms with Crippen LogP contribution in [0.15, 0.2) is 24.3 Å². The summed E-state index contributed by atoms with van der Waals surface area (Å²) in [5, 5.41) is 0. The molecule has 0 spiro atoms. The molecule has 0 unspecified atom stereocenters. The molecule has 0 saturated carbocycles. The van der Waals surface area contributed by atoms with Crippen LogP contribution in [0.1, 0.15) is 19.8 Å². The average Bonchev–Trinajstić information content (AvgIpc) is 2.04. The van der Waals surface area contributed by atoms with Gasteiger partial charge in [-0.25, -0.2) is 0 Å². The SMILES string of the molecule is CC[C@]1(S(=O)(=O)O)C=CC=CC1. The Morgan fingerprint density at radius 1 is 1.50 bits per heavy atom. The van der Waals surface area contributed by atoms with Gasteiger partial charge in [-0.15, -0.1) is 0 Å². The molecule has 0 bridgehead atoms. The van der Waals surface area contributed by atoms with Crippen molar-refractivity contribution >= 4 is 10.1 Å². The summed E-state index contributed by atoms with van der Waals surface area (Å²) < 4.78 is 29.9. The van der Waals surface area contributed by atoms with E-state index < -0.39 is 14.9 Å². The van der Waals surface area contributed by atoms with Crippen LogP contribution in [0.5, 0.6) is 0 Å². The predicted octanol–water partition coefficient (Wildman–Crippen LogP) is 1.54. The summed E-state index contributed by atoms with van der Waals surface area (Å²) in [7, 11) is -3.98. The molecule has 68 valence electrons. The van der Waals surface area contributed by atoms with Gasteiger partial charge in [-0.05, 0) is 12.8 Å². The highest BCUT2D eigenvalue weighted by Crippen LogP contribution is 2.29. The fraction of sp³-hybridized carbons (Fsp3) is 0.500. The molecule has 0 aliphatic heterocycles. The Labute approximate surface area is 72.5 Å². The van der Waals surface area contributed by atoms with E-state index in [9.17, 15) is 8.42 Å². The fourth-order valence-corrected chi connectivity index (χ4v) is 2.20. The van der Waals surface area contributed by atoms with Crippen molar-refractivity contribution in [1.82, 2.24) is 0 Å². The monoisotopic (exact) mass is 188 g/mol. The van der Waals surface area contributed by atoms with Crippen LogP contribution in [0, 0.1) is 0 Å². The van der Waals surface area contributed by atoms with E-state index in [0.29, 0.717) is 12.8 Å². The van der Waals surface area contributed by atoms with Gasteiger partial charge >= 0.3 is 0 Å². The van der Waals surface area contributed by atoms with Gasteiger partial charge in [0.1, 0.15) is 4.75 Å². The molecule has 0 saturated heterocycles. The summed E-state index contributed by atoms with van der Waals surface area (Å²) in [5.41, 5.74) is 0. The maximum Gasteiger partial charge on any atom is 0.274 e. The van der Waals surface area contributed by atoms with E-state index in [1.165, 1.54) is 0 Å². The number of allylic oxidation sites excluding steroid dienone is 3. The second kappa shape index (κ2) is 3.03. The Morgan fingerprint density at radius 2 is 2.17 bits per heavy atom. The van der Waals surface area contributed by atoms with E-state index in [2.05, 4.69) is 0 Å². The highest BCUT2D eigenvalue weighted by Gasteiger charge is 2.38. The molecular weight excluding hydrogens is 176 g/mol. The third-order valence-electron chi connectivity index (χ3n) is 2.22. The first-order valence-electron chi connectivity index (χ1n) is 3.83. The van der Waals surface area contributed by atoms with Crippen LogP contribution in [-0.4, -0.2) is 17.7 Å². The van der Waals surface area contributed by atoms with Gasteiger partial charge in [0.15, 0.2) is 0 Å². The molecule has 0 amide bonds. The quantitative estimate of drug-likeness (QED) is 0.669. The Balaban J connectivity index is 3.09. The van der Waals surface area contributed by atoms with Gasteiger partial charge in [-0.3, -0.25) is 4.55 Å². The van der Waals surface area contributed by atoms with Crippen molar-refractivity contribution < 1.29 is 13.0 Å². The average molecular weight is 188 g/mol. The van der Waals surface area contributed by atoms with Crippen molar-refractivity contribution in [3.8, 4) is 0 Å². The van der Waals surface area contributed by atoms with E-state index in [4.69, 9.17) is 4.55 Å². The summed E-state index contributed by atoms with van der Waals surface area (Å²) >= 11 is 0. The smallest absolute Gasteiger partial charge is 0.274 e. The summed E-state index contributed by atoms with van der Waals surface area (Å²) in [5.74, 6) is 0. The molecule has 1 rings (SSSR count). The molecule has 0 fully saturated rings. The van der Waals surface area contributed by atoms with Gasteiger partial charge in [-0.2, -0.15) is 8.42 Å². The fourth-order valence-electron chi connectivity index (χ4n) is 1.28. The molecule has 0 aromatic rings. The highest BCUT2D eigenvalue weighted by molar-refractivity contribution is 7.87. The van der Waals surface area contributed by atoms with E-state index in [0.717, 1.165) is 0 Å². The summed E-state index contributed by atoms with van der Waals surface area (Å²) in [4.78, 5) is 0. The van der Waals surface area contributed by atoms with E-state index in [1.807, 2.05) is 0 Å². The molecule has 0 radical (unpaired) electrons. The lowest BCUT2D eigenvalue weighted by Crippen LogP contribution is -2.35. The van der Waals surface area contributed by atoms with Crippen molar-refractivity contribution in [2.45, 2.75) is 24.5 Å². The zero-order valence-electron chi connectivity index (χ0n) is 6.90. The van der Waals surface area contributed by atoms with E-state index in [-0.39, 0.29) is 0 Å². The first-order valence-corrected chi connectivity index (χ1v) is 5.27. The largest absolute Gasteiger partial charge is 0.285 e. The second-order valence-electron chi connectivity index (χ2n) is 2.88. The maximum absolute atomic E-state index is 11.0. The third-order valence-corrected chi connectivity index (χ3v) is 3.84. The zero-order chi connectivity index (χ0) is 9.24. The summed E-state index contributed by atoms with van der Waals surface area (Å²) in [6.07, 6.45) is 7.48. The Bertz CT molecular complexity index is 313. The van der Waals surface area contributed by atoms with Crippen LogP contribution in [0.2, 0.25) is 0 Å². The van der Waals surface area contributed by atoms with Gasteiger partial charge in [0.25, 0.3) is 10.1 Å². The lowest BCUT2D eigenvalue weighted by atomic mass is 9.97. The van der Waals surface area contributed by atoms with E-state index >= 15 is 0 Å². The molecule has 0 aromatic carbocycles. The predicted molar refractivity (Wildman–Crippen MR) is 47.5 cm³/mol. The van der Waals surface area contributed by atoms with Crippen molar-refractivity contribution in [3.05, 3.63) is 24.3 Å². The Morgan fingerprint density at radius 3 is 2.42 bits per heavy atom. The molecule has 3 nitrogen and oxygen atoms in total. The zero-order valence-corrected chi connectivity index (χ0v) is 7.71. The van der Waals surface area contributed by atoms with Crippen LogP contribution >= 0.6 is 0 Å². The van der Waals surface area contributed by atoms with Gasteiger partial charge in [0, 0.05) is 0 Å².